The number of para-hydroxylation sites is 1. The van der Waals surface area contributed by atoms with E-state index in [0.717, 1.165) is 28.0 Å². The molecule has 0 aliphatic carbocycles. The molecule has 0 aromatic heterocycles. The number of allylic oxidation sites excluding steroid dienone is 2. The van der Waals surface area contributed by atoms with Gasteiger partial charge in [-0.2, -0.15) is 0 Å². The third-order valence-electron chi connectivity index (χ3n) is 3.86. The Kier molecular flexibility index (Phi) is 5.19. The SMILES string of the molecule is CC(=C/c1ccccc1)/C=C1/SC(=Nc2c(C)cccc2C)NC1=O. The van der Waals surface area contributed by atoms with Gasteiger partial charge in [0.25, 0.3) is 5.91 Å². The van der Waals surface area contributed by atoms with Crippen LogP contribution in [0.1, 0.15) is 23.6 Å². The average molecular weight is 348 g/mol. The summed E-state index contributed by atoms with van der Waals surface area (Å²) in [7, 11) is 0. The Labute approximate surface area is 152 Å². The van der Waals surface area contributed by atoms with Crippen LogP contribution in [-0.4, -0.2) is 11.1 Å². The van der Waals surface area contributed by atoms with E-state index in [9.17, 15) is 4.79 Å². The van der Waals surface area contributed by atoms with Crippen molar-refractivity contribution in [1.29, 1.82) is 0 Å². The van der Waals surface area contributed by atoms with Crippen LogP contribution in [0.4, 0.5) is 5.69 Å². The van der Waals surface area contributed by atoms with Crippen LogP contribution in [-0.2, 0) is 4.79 Å². The number of amidine groups is 1. The second kappa shape index (κ2) is 7.53. The molecule has 0 spiro atoms. The number of rotatable bonds is 3. The number of hydrogen-bond acceptors (Lipinski definition) is 3. The fourth-order valence-corrected chi connectivity index (χ4v) is 3.50. The fourth-order valence-electron chi connectivity index (χ4n) is 2.62. The van der Waals surface area contributed by atoms with Gasteiger partial charge in [0.05, 0.1) is 10.6 Å². The molecule has 126 valence electrons. The molecule has 1 aliphatic heterocycles. The highest BCUT2D eigenvalue weighted by atomic mass is 32.2. The predicted octanol–water partition coefficient (Wildman–Crippen LogP) is 5.14. The Morgan fingerprint density at radius 3 is 2.40 bits per heavy atom. The zero-order chi connectivity index (χ0) is 17.8. The minimum Gasteiger partial charge on any atom is -0.300 e. The molecule has 1 saturated heterocycles. The van der Waals surface area contributed by atoms with E-state index >= 15 is 0 Å². The van der Waals surface area contributed by atoms with E-state index in [1.54, 1.807) is 0 Å². The van der Waals surface area contributed by atoms with E-state index in [1.165, 1.54) is 11.8 Å². The molecule has 2 aromatic carbocycles. The van der Waals surface area contributed by atoms with Crippen molar-refractivity contribution in [1.82, 2.24) is 5.32 Å². The first kappa shape index (κ1) is 17.2. The molecule has 3 rings (SSSR count). The minimum absolute atomic E-state index is 0.101. The molecule has 4 heteroatoms. The predicted molar refractivity (Wildman–Crippen MR) is 107 cm³/mol. The summed E-state index contributed by atoms with van der Waals surface area (Å²) in [4.78, 5) is 17.5. The van der Waals surface area contributed by atoms with Gasteiger partial charge in [0.15, 0.2) is 5.17 Å². The maximum Gasteiger partial charge on any atom is 0.264 e. The van der Waals surface area contributed by atoms with Gasteiger partial charge in [0, 0.05) is 0 Å². The van der Waals surface area contributed by atoms with Gasteiger partial charge in [-0.1, -0.05) is 54.6 Å². The molecular weight excluding hydrogens is 328 g/mol. The van der Waals surface area contributed by atoms with E-state index < -0.39 is 0 Å². The van der Waals surface area contributed by atoms with Gasteiger partial charge in [-0.15, -0.1) is 0 Å². The zero-order valence-electron chi connectivity index (χ0n) is 14.5. The van der Waals surface area contributed by atoms with Crippen LogP contribution in [0, 0.1) is 13.8 Å². The molecule has 0 radical (unpaired) electrons. The number of thioether (sulfide) groups is 1. The van der Waals surface area contributed by atoms with Gasteiger partial charge >= 0.3 is 0 Å². The summed E-state index contributed by atoms with van der Waals surface area (Å²) >= 11 is 1.38. The highest BCUT2D eigenvalue weighted by Gasteiger charge is 2.24. The lowest BCUT2D eigenvalue weighted by Crippen LogP contribution is -2.19. The van der Waals surface area contributed by atoms with Gasteiger partial charge in [-0.25, -0.2) is 4.99 Å². The number of nitrogens with zero attached hydrogens (tertiary/aromatic N) is 1. The zero-order valence-corrected chi connectivity index (χ0v) is 15.4. The number of aryl methyl sites for hydroxylation is 2. The minimum atomic E-state index is -0.101. The fraction of sp³-hybridized carbons (Fsp3) is 0.143. The van der Waals surface area contributed by atoms with E-state index in [-0.39, 0.29) is 5.91 Å². The van der Waals surface area contributed by atoms with Gasteiger partial charge in [-0.05, 0) is 60.9 Å². The van der Waals surface area contributed by atoms with E-state index in [1.807, 2.05) is 75.4 Å². The second-order valence-electron chi connectivity index (χ2n) is 6.02. The standard InChI is InChI=1S/C21H20N2OS/c1-14(12-17-10-5-4-6-11-17)13-18-20(24)23-21(25-18)22-19-15(2)8-7-9-16(19)3/h4-13H,1-3H3,(H,22,23,24)/b14-12-,18-13+. The lowest BCUT2D eigenvalue weighted by Gasteiger charge is -2.04. The van der Waals surface area contributed by atoms with Crippen molar-refractivity contribution in [3.63, 3.8) is 0 Å². The lowest BCUT2D eigenvalue weighted by molar-refractivity contribution is -0.115. The van der Waals surface area contributed by atoms with Gasteiger partial charge in [0.2, 0.25) is 0 Å². The number of nitrogens with one attached hydrogen (secondary N) is 1. The number of benzene rings is 2. The number of carbonyl (C=O) groups excluding carboxylic acids is 1. The molecule has 2 aromatic rings. The molecule has 0 unspecified atom stereocenters. The maximum atomic E-state index is 12.2. The molecular formula is C21H20N2OS. The largest absolute Gasteiger partial charge is 0.300 e. The van der Waals surface area contributed by atoms with Crippen LogP contribution in [0.2, 0.25) is 0 Å². The monoisotopic (exact) mass is 348 g/mol. The molecule has 0 saturated carbocycles. The summed E-state index contributed by atoms with van der Waals surface area (Å²) in [5.41, 5.74) is 5.25. The average Bonchev–Trinajstić information content (AvgIpc) is 2.91. The molecule has 1 amide bonds. The van der Waals surface area contributed by atoms with Crippen LogP contribution in [0.15, 0.2) is 70.1 Å². The summed E-state index contributed by atoms with van der Waals surface area (Å²) in [6, 6.07) is 16.1. The second-order valence-corrected chi connectivity index (χ2v) is 7.05. The number of aliphatic imine (C=N–C) groups is 1. The van der Waals surface area contributed by atoms with Crippen molar-refractivity contribution < 1.29 is 4.79 Å². The third-order valence-corrected chi connectivity index (χ3v) is 4.77. The Hall–Kier alpha value is -2.59. The summed E-state index contributed by atoms with van der Waals surface area (Å²) in [5, 5.41) is 3.48. The quantitative estimate of drug-likeness (QED) is 0.780. The number of carbonyl (C=O) groups is 1. The first-order valence-corrected chi connectivity index (χ1v) is 8.94. The molecule has 0 atom stereocenters. The van der Waals surface area contributed by atoms with Crippen molar-refractivity contribution >= 4 is 34.6 Å². The summed E-state index contributed by atoms with van der Waals surface area (Å²) in [5.74, 6) is -0.101. The first-order valence-electron chi connectivity index (χ1n) is 8.12. The Morgan fingerprint density at radius 2 is 1.72 bits per heavy atom. The molecule has 3 nitrogen and oxygen atoms in total. The van der Waals surface area contributed by atoms with Gasteiger partial charge in [0.1, 0.15) is 0 Å². The van der Waals surface area contributed by atoms with Crippen molar-refractivity contribution in [2.45, 2.75) is 20.8 Å². The molecule has 1 fully saturated rings. The molecule has 0 bridgehead atoms. The van der Waals surface area contributed by atoms with Crippen LogP contribution < -0.4 is 5.32 Å². The Balaban J connectivity index is 1.83. The smallest absolute Gasteiger partial charge is 0.264 e. The highest BCUT2D eigenvalue weighted by molar-refractivity contribution is 8.18. The van der Waals surface area contributed by atoms with Crippen LogP contribution in [0.25, 0.3) is 6.08 Å². The van der Waals surface area contributed by atoms with E-state index in [0.29, 0.717) is 10.1 Å². The highest BCUT2D eigenvalue weighted by Crippen LogP contribution is 2.30. The van der Waals surface area contributed by atoms with Crippen LogP contribution >= 0.6 is 11.8 Å². The van der Waals surface area contributed by atoms with Crippen molar-refractivity contribution in [2.24, 2.45) is 4.99 Å². The van der Waals surface area contributed by atoms with E-state index in [4.69, 9.17) is 0 Å². The first-order chi connectivity index (χ1) is 12.0. The number of hydrogen-bond donors (Lipinski definition) is 1. The Bertz CT molecular complexity index is 875. The molecule has 1 N–H and O–H groups in total. The van der Waals surface area contributed by atoms with Crippen molar-refractivity contribution in [3.8, 4) is 0 Å². The normalized spacial score (nSPS) is 18.0. The molecule has 25 heavy (non-hydrogen) atoms. The third kappa shape index (κ3) is 4.28. The van der Waals surface area contributed by atoms with Gasteiger partial charge in [-0.3, -0.25) is 4.79 Å². The van der Waals surface area contributed by atoms with Gasteiger partial charge < -0.3 is 5.32 Å². The Morgan fingerprint density at radius 1 is 1.04 bits per heavy atom. The lowest BCUT2D eigenvalue weighted by atomic mass is 10.1. The summed E-state index contributed by atoms with van der Waals surface area (Å²) in [6.45, 7) is 6.04. The molecule has 1 aliphatic rings. The van der Waals surface area contributed by atoms with Crippen LogP contribution in [0.5, 0.6) is 0 Å². The summed E-state index contributed by atoms with van der Waals surface area (Å²) < 4.78 is 0. The van der Waals surface area contributed by atoms with Crippen molar-refractivity contribution in [3.05, 3.63) is 81.8 Å². The number of amides is 1. The maximum absolute atomic E-state index is 12.2. The topological polar surface area (TPSA) is 41.5 Å². The molecule has 1 heterocycles. The van der Waals surface area contributed by atoms with E-state index in [2.05, 4.69) is 16.4 Å². The van der Waals surface area contributed by atoms with Crippen LogP contribution in [0.3, 0.4) is 0 Å². The van der Waals surface area contributed by atoms with Crippen molar-refractivity contribution in [2.75, 3.05) is 0 Å². The summed E-state index contributed by atoms with van der Waals surface area (Å²) in [6.07, 6.45) is 3.96.